The summed E-state index contributed by atoms with van der Waals surface area (Å²) in [5.74, 6) is 7.75. The summed E-state index contributed by atoms with van der Waals surface area (Å²) in [6.07, 6.45) is 17.0. The van der Waals surface area contributed by atoms with Gasteiger partial charge in [0.25, 0.3) is 5.91 Å². The van der Waals surface area contributed by atoms with Gasteiger partial charge in [0.05, 0.1) is 6.54 Å². The van der Waals surface area contributed by atoms with Gasteiger partial charge in [-0.1, -0.05) is 17.8 Å². The van der Waals surface area contributed by atoms with E-state index in [4.69, 9.17) is 34.5 Å². The van der Waals surface area contributed by atoms with Gasteiger partial charge in [-0.15, -0.1) is 19.3 Å². The highest BCUT2D eigenvalue weighted by Gasteiger charge is 2.17. The molecule has 0 saturated heterocycles. The average Bonchev–Trinajstić information content (AvgIpc) is 2.60. The molecule has 0 atom stereocenters. The number of carbonyl (C=O) groups excluding carboxylic acids is 1. The monoisotopic (exact) mass is 324 g/mol. The Kier molecular flexibility index (Phi) is 8.40. The molecular formula is C19H20N2O3. The van der Waals surface area contributed by atoms with Gasteiger partial charge >= 0.3 is 0 Å². The van der Waals surface area contributed by atoms with Crippen LogP contribution < -0.4 is 20.5 Å². The topological polar surface area (TPSA) is 73.6 Å². The molecule has 0 radical (unpaired) electrons. The predicted molar refractivity (Wildman–Crippen MR) is 93.6 cm³/mol. The highest BCUT2D eigenvalue weighted by molar-refractivity contribution is 5.95. The van der Waals surface area contributed by atoms with Crippen LogP contribution in [-0.2, 0) is 6.42 Å². The molecule has 3 N–H and O–H groups in total. The minimum absolute atomic E-state index is 0.0691. The van der Waals surface area contributed by atoms with Crippen LogP contribution in [0.4, 0.5) is 0 Å². The highest BCUT2D eigenvalue weighted by atomic mass is 16.5. The lowest BCUT2D eigenvalue weighted by atomic mass is 10.0. The van der Waals surface area contributed by atoms with Crippen molar-refractivity contribution in [2.45, 2.75) is 12.8 Å². The number of nitrogens with two attached hydrogens (primary N) is 1. The van der Waals surface area contributed by atoms with Crippen LogP contribution in [0.5, 0.6) is 11.5 Å². The molecule has 0 aliphatic carbocycles. The van der Waals surface area contributed by atoms with Crippen LogP contribution in [0.15, 0.2) is 12.1 Å². The molecule has 1 aromatic rings. The molecule has 0 aromatic heterocycles. The molecule has 0 heterocycles. The van der Waals surface area contributed by atoms with Gasteiger partial charge in [0.2, 0.25) is 0 Å². The van der Waals surface area contributed by atoms with Crippen LogP contribution in [0.2, 0.25) is 0 Å². The Morgan fingerprint density at radius 1 is 1.08 bits per heavy atom. The van der Waals surface area contributed by atoms with Crippen LogP contribution in [-0.4, -0.2) is 32.2 Å². The first-order valence-corrected chi connectivity index (χ1v) is 7.39. The molecular weight excluding hydrogens is 304 g/mol. The molecule has 1 rings (SSSR count). The van der Waals surface area contributed by atoms with E-state index < -0.39 is 0 Å². The van der Waals surface area contributed by atoms with Crippen molar-refractivity contribution in [3.8, 4) is 48.5 Å². The van der Waals surface area contributed by atoms with Gasteiger partial charge in [-0.05, 0) is 31.5 Å². The molecule has 124 valence electrons. The van der Waals surface area contributed by atoms with Gasteiger partial charge < -0.3 is 20.5 Å². The summed E-state index contributed by atoms with van der Waals surface area (Å²) in [6, 6.07) is 3.22. The van der Waals surface area contributed by atoms with Crippen molar-refractivity contribution in [1.29, 1.82) is 0 Å². The zero-order chi connectivity index (χ0) is 17.8. The summed E-state index contributed by atoms with van der Waals surface area (Å²) in [5.41, 5.74) is 6.71. The number of terminal acetylenes is 3. The first kappa shape index (κ1) is 19.0. The molecule has 24 heavy (non-hydrogen) atoms. The van der Waals surface area contributed by atoms with Crippen molar-refractivity contribution in [2.24, 2.45) is 5.73 Å². The third-order valence-electron chi connectivity index (χ3n) is 3.03. The summed E-state index contributed by atoms with van der Waals surface area (Å²) < 4.78 is 11.1. The number of ether oxygens (including phenoxy) is 2. The van der Waals surface area contributed by atoms with Gasteiger partial charge in [0.15, 0.2) is 0 Å². The molecule has 0 fully saturated rings. The summed E-state index contributed by atoms with van der Waals surface area (Å²) in [7, 11) is 0. The van der Waals surface area contributed by atoms with Gasteiger partial charge in [0.1, 0.15) is 24.7 Å². The minimum atomic E-state index is -0.338. The molecule has 5 heteroatoms. The second-order valence-corrected chi connectivity index (χ2v) is 4.72. The van der Waals surface area contributed by atoms with Crippen LogP contribution >= 0.6 is 0 Å². The molecule has 0 aliphatic rings. The molecule has 0 aliphatic heterocycles. The first-order valence-electron chi connectivity index (χ1n) is 7.39. The maximum atomic E-state index is 12.2. The van der Waals surface area contributed by atoms with Crippen molar-refractivity contribution in [2.75, 3.05) is 26.3 Å². The summed E-state index contributed by atoms with van der Waals surface area (Å²) in [4.78, 5) is 12.2. The molecule has 5 nitrogen and oxygen atoms in total. The maximum Gasteiger partial charge on any atom is 0.252 e. The zero-order valence-electron chi connectivity index (χ0n) is 13.4. The number of nitrogens with one attached hydrogen (secondary N) is 1. The predicted octanol–water partition coefficient (Wildman–Crippen LogP) is 0.965. The Morgan fingerprint density at radius 3 is 2.12 bits per heavy atom. The lowest BCUT2D eigenvalue weighted by Gasteiger charge is -2.16. The fourth-order valence-corrected chi connectivity index (χ4v) is 2.01. The molecule has 1 aromatic carbocycles. The Hall–Kier alpha value is -3.07. The maximum absolute atomic E-state index is 12.2. The zero-order valence-corrected chi connectivity index (χ0v) is 13.4. The molecule has 0 bridgehead atoms. The van der Waals surface area contributed by atoms with Crippen LogP contribution in [0.1, 0.15) is 22.3 Å². The molecule has 1 amide bonds. The second kappa shape index (κ2) is 10.6. The van der Waals surface area contributed by atoms with Gasteiger partial charge in [-0.25, -0.2) is 0 Å². The molecule has 0 saturated carbocycles. The van der Waals surface area contributed by atoms with Crippen molar-refractivity contribution < 1.29 is 14.3 Å². The Morgan fingerprint density at radius 2 is 1.67 bits per heavy atom. The van der Waals surface area contributed by atoms with E-state index in [1.54, 1.807) is 12.1 Å². The van der Waals surface area contributed by atoms with Gasteiger partial charge in [-0.3, -0.25) is 4.79 Å². The van der Waals surface area contributed by atoms with Crippen LogP contribution in [0, 0.1) is 37.0 Å². The van der Waals surface area contributed by atoms with Crippen LogP contribution in [0.25, 0.3) is 0 Å². The quantitative estimate of drug-likeness (QED) is 0.664. The average molecular weight is 324 g/mol. The Balaban J connectivity index is 3.27. The number of rotatable bonds is 9. The van der Waals surface area contributed by atoms with E-state index in [9.17, 15) is 4.79 Å². The lowest BCUT2D eigenvalue weighted by molar-refractivity contribution is 0.0958. The summed E-state index contributed by atoms with van der Waals surface area (Å²) >= 11 is 0. The van der Waals surface area contributed by atoms with E-state index >= 15 is 0 Å². The smallest absolute Gasteiger partial charge is 0.252 e. The van der Waals surface area contributed by atoms with Gasteiger partial charge in [0, 0.05) is 11.1 Å². The second-order valence-electron chi connectivity index (χ2n) is 4.72. The number of amides is 1. The van der Waals surface area contributed by atoms with E-state index in [-0.39, 0.29) is 25.7 Å². The SMILES string of the molecule is C#CCNC(=O)c1cc(OCC#C)c(CCCN)c(OCC#C)c1. The lowest BCUT2D eigenvalue weighted by Crippen LogP contribution is -2.23. The summed E-state index contributed by atoms with van der Waals surface area (Å²) in [5, 5.41) is 2.59. The number of hydrogen-bond donors (Lipinski definition) is 2. The third kappa shape index (κ3) is 5.61. The van der Waals surface area contributed by atoms with Gasteiger partial charge in [-0.2, -0.15) is 0 Å². The van der Waals surface area contributed by atoms with Crippen molar-refractivity contribution in [3.05, 3.63) is 23.3 Å². The van der Waals surface area contributed by atoms with E-state index in [1.165, 1.54) is 0 Å². The molecule has 0 spiro atoms. The standard InChI is InChI=1S/C19H20N2O3/c1-4-10-21-19(22)15-13-17(23-11-5-2)16(8-7-9-20)18(14-15)24-12-6-3/h1-3,13-14H,7-12,20H2,(H,21,22). The number of hydrogen-bond acceptors (Lipinski definition) is 4. The largest absolute Gasteiger partial charge is 0.481 e. The fraction of sp³-hybridized carbons (Fsp3) is 0.316. The Labute approximate surface area is 142 Å². The van der Waals surface area contributed by atoms with E-state index in [1.807, 2.05) is 0 Å². The van der Waals surface area contributed by atoms with E-state index in [0.717, 1.165) is 12.0 Å². The fourth-order valence-electron chi connectivity index (χ4n) is 2.01. The molecule has 0 unspecified atom stereocenters. The third-order valence-corrected chi connectivity index (χ3v) is 3.03. The van der Waals surface area contributed by atoms with E-state index in [0.29, 0.717) is 30.0 Å². The van der Waals surface area contributed by atoms with Crippen LogP contribution in [0.3, 0.4) is 0 Å². The van der Waals surface area contributed by atoms with Crippen molar-refractivity contribution in [1.82, 2.24) is 5.32 Å². The normalized spacial score (nSPS) is 9.25. The number of carbonyl (C=O) groups is 1. The highest BCUT2D eigenvalue weighted by Crippen LogP contribution is 2.32. The van der Waals surface area contributed by atoms with Crippen molar-refractivity contribution in [3.63, 3.8) is 0 Å². The number of benzene rings is 1. The first-order chi connectivity index (χ1) is 11.7. The minimum Gasteiger partial charge on any atom is -0.481 e. The summed E-state index contributed by atoms with van der Waals surface area (Å²) in [6.45, 7) is 0.766. The van der Waals surface area contributed by atoms with E-state index in [2.05, 4.69) is 23.1 Å². The Bertz CT molecular complexity index is 651. The van der Waals surface area contributed by atoms with Crippen molar-refractivity contribution >= 4 is 5.91 Å².